The molecule has 2 aromatic carbocycles. The summed E-state index contributed by atoms with van der Waals surface area (Å²) >= 11 is 11.9. The summed E-state index contributed by atoms with van der Waals surface area (Å²) in [5, 5.41) is 15.1. The van der Waals surface area contributed by atoms with E-state index in [0.717, 1.165) is 35.3 Å². The number of anilines is 1. The van der Waals surface area contributed by atoms with Crippen LogP contribution in [-0.2, 0) is 17.8 Å². The van der Waals surface area contributed by atoms with Gasteiger partial charge in [0.15, 0.2) is 0 Å². The summed E-state index contributed by atoms with van der Waals surface area (Å²) in [5.41, 5.74) is 3.60. The fraction of sp³-hybridized carbons (Fsp3) is 0.211. The van der Waals surface area contributed by atoms with Crippen LogP contribution in [-0.4, -0.2) is 34.0 Å². The van der Waals surface area contributed by atoms with Crippen molar-refractivity contribution in [3.8, 4) is 5.75 Å². The van der Waals surface area contributed by atoms with E-state index in [1.807, 2.05) is 6.07 Å². The van der Waals surface area contributed by atoms with Crippen LogP contribution in [0.1, 0.15) is 11.3 Å². The number of halogens is 2. The lowest BCUT2D eigenvalue weighted by Crippen LogP contribution is -2.37. The molecule has 3 N–H and O–H groups in total. The largest absolute Gasteiger partial charge is 0.506 e. The first kappa shape index (κ1) is 17.2. The Morgan fingerprint density at radius 2 is 1.96 bits per heavy atom. The Balaban J connectivity index is 1.47. The van der Waals surface area contributed by atoms with E-state index in [1.165, 1.54) is 6.07 Å². The summed E-state index contributed by atoms with van der Waals surface area (Å²) in [6, 6.07) is 10.4. The maximum absolute atomic E-state index is 12.3. The van der Waals surface area contributed by atoms with Crippen LogP contribution in [0.4, 0.5) is 5.69 Å². The van der Waals surface area contributed by atoms with Crippen molar-refractivity contribution in [2.75, 3.05) is 18.4 Å². The highest BCUT2D eigenvalue weighted by Gasteiger charge is 2.23. The number of aromatic hydroxyl groups is 1. The number of fused-ring (bicyclic) bond motifs is 3. The Morgan fingerprint density at radius 3 is 2.73 bits per heavy atom. The van der Waals surface area contributed by atoms with Gasteiger partial charge in [0.2, 0.25) is 5.91 Å². The fourth-order valence-corrected chi connectivity index (χ4v) is 3.75. The van der Waals surface area contributed by atoms with Crippen molar-refractivity contribution in [1.29, 1.82) is 0 Å². The summed E-state index contributed by atoms with van der Waals surface area (Å²) < 4.78 is 0. The summed E-state index contributed by atoms with van der Waals surface area (Å²) in [6.45, 7) is 1.68. The standard InChI is InChI=1S/C19H17Cl2N3O2/c20-11-1-3-13(4-2-11)22-18(26)10-24-6-5-14-15-7-12(21)8-17(25)19(15)23-16(14)9-24/h1-4,7-8,23,25H,5-6,9-10H2,(H,22,26). The van der Waals surface area contributed by atoms with Crippen LogP contribution in [0, 0.1) is 0 Å². The van der Waals surface area contributed by atoms with Gasteiger partial charge in [-0.3, -0.25) is 9.69 Å². The molecule has 0 spiro atoms. The molecule has 0 bridgehead atoms. The molecule has 1 amide bonds. The van der Waals surface area contributed by atoms with Gasteiger partial charge in [-0.15, -0.1) is 0 Å². The number of rotatable bonds is 3. The molecule has 2 heterocycles. The number of amides is 1. The summed E-state index contributed by atoms with van der Waals surface area (Å²) in [7, 11) is 0. The molecule has 0 atom stereocenters. The second kappa shape index (κ2) is 6.83. The minimum absolute atomic E-state index is 0.0715. The molecule has 26 heavy (non-hydrogen) atoms. The van der Waals surface area contributed by atoms with Crippen LogP contribution in [0.5, 0.6) is 5.75 Å². The van der Waals surface area contributed by atoms with E-state index in [0.29, 0.717) is 28.7 Å². The third kappa shape index (κ3) is 3.38. The molecule has 0 aliphatic carbocycles. The van der Waals surface area contributed by atoms with E-state index in [2.05, 4.69) is 15.2 Å². The van der Waals surface area contributed by atoms with Gasteiger partial charge in [0.1, 0.15) is 5.75 Å². The van der Waals surface area contributed by atoms with E-state index in [9.17, 15) is 9.90 Å². The second-order valence-corrected chi connectivity index (χ2v) is 7.32. The number of nitrogens with zero attached hydrogens (tertiary/aromatic N) is 1. The molecule has 1 aromatic heterocycles. The quantitative estimate of drug-likeness (QED) is 0.629. The molecule has 7 heteroatoms. The average Bonchev–Trinajstić information content (AvgIpc) is 2.95. The van der Waals surface area contributed by atoms with Crippen LogP contribution in [0.2, 0.25) is 10.0 Å². The SMILES string of the molecule is O=C(CN1CCc2c([nH]c3c(O)cc(Cl)cc23)C1)Nc1ccc(Cl)cc1. The summed E-state index contributed by atoms with van der Waals surface area (Å²) in [5.74, 6) is 0.0757. The predicted molar refractivity (Wildman–Crippen MR) is 104 cm³/mol. The molecular formula is C19H17Cl2N3O2. The average molecular weight is 390 g/mol. The third-order valence-corrected chi connectivity index (χ3v) is 5.07. The van der Waals surface area contributed by atoms with Gasteiger partial charge in [-0.1, -0.05) is 23.2 Å². The van der Waals surface area contributed by atoms with E-state index in [1.54, 1.807) is 24.3 Å². The van der Waals surface area contributed by atoms with Gasteiger partial charge >= 0.3 is 0 Å². The molecule has 0 radical (unpaired) electrons. The zero-order chi connectivity index (χ0) is 18.3. The highest BCUT2D eigenvalue weighted by atomic mass is 35.5. The third-order valence-electron chi connectivity index (χ3n) is 4.60. The Hall–Kier alpha value is -2.21. The second-order valence-electron chi connectivity index (χ2n) is 6.45. The first-order chi connectivity index (χ1) is 12.5. The van der Waals surface area contributed by atoms with Crippen LogP contribution >= 0.6 is 23.2 Å². The van der Waals surface area contributed by atoms with E-state index in [-0.39, 0.29) is 11.7 Å². The fourth-order valence-electron chi connectivity index (χ4n) is 3.42. The summed E-state index contributed by atoms with van der Waals surface area (Å²) in [6.07, 6.45) is 0.795. The maximum Gasteiger partial charge on any atom is 0.238 e. The number of H-pyrrole nitrogens is 1. The van der Waals surface area contributed by atoms with Crippen molar-refractivity contribution in [3.05, 3.63) is 57.7 Å². The molecule has 5 nitrogen and oxygen atoms in total. The number of benzene rings is 2. The molecule has 1 aliphatic heterocycles. The van der Waals surface area contributed by atoms with Gasteiger partial charge in [0.05, 0.1) is 12.1 Å². The van der Waals surface area contributed by atoms with Crippen LogP contribution in [0.3, 0.4) is 0 Å². The first-order valence-corrected chi connectivity index (χ1v) is 9.05. The first-order valence-electron chi connectivity index (χ1n) is 8.29. The molecule has 0 fully saturated rings. The molecule has 0 saturated heterocycles. The number of nitrogens with one attached hydrogen (secondary N) is 2. The number of carbonyl (C=O) groups excluding carboxylic acids is 1. The van der Waals surface area contributed by atoms with E-state index >= 15 is 0 Å². The van der Waals surface area contributed by atoms with Crippen molar-refractivity contribution in [3.63, 3.8) is 0 Å². The lowest BCUT2D eigenvalue weighted by atomic mass is 10.0. The van der Waals surface area contributed by atoms with Crippen molar-refractivity contribution in [2.45, 2.75) is 13.0 Å². The predicted octanol–water partition coefficient (Wildman–Crippen LogP) is 4.18. The van der Waals surface area contributed by atoms with E-state index < -0.39 is 0 Å². The molecule has 0 saturated carbocycles. The maximum atomic E-state index is 12.3. The van der Waals surface area contributed by atoms with Crippen molar-refractivity contribution in [1.82, 2.24) is 9.88 Å². The molecule has 3 aromatic rings. The van der Waals surface area contributed by atoms with Crippen LogP contribution in [0.15, 0.2) is 36.4 Å². The van der Waals surface area contributed by atoms with Gasteiger partial charge in [-0.25, -0.2) is 0 Å². The van der Waals surface area contributed by atoms with Gasteiger partial charge < -0.3 is 15.4 Å². The monoisotopic (exact) mass is 389 g/mol. The number of hydrogen-bond donors (Lipinski definition) is 3. The van der Waals surface area contributed by atoms with Crippen LogP contribution < -0.4 is 5.32 Å². The molecular weight excluding hydrogens is 373 g/mol. The smallest absolute Gasteiger partial charge is 0.238 e. The van der Waals surface area contributed by atoms with Gasteiger partial charge in [-0.05, 0) is 42.3 Å². The van der Waals surface area contributed by atoms with Crippen molar-refractivity contribution >= 4 is 45.7 Å². The van der Waals surface area contributed by atoms with Crippen molar-refractivity contribution < 1.29 is 9.90 Å². The Labute approximate surface area is 160 Å². The lowest BCUT2D eigenvalue weighted by molar-refractivity contribution is -0.117. The van der Waals surface area contributed by atoms with Gasteiger partial charge in [0.25, 0.3) is 0 Å². The van der Waals surface area contributed by atoms with Crippen LogP contribution in [0.25, 0.3) is 10.9 Å². The molecule has 1 aliphatic rings. The summed E-state index contributed by atoms with van der Waals surface area (Å²) in [4.78, 5) is 17.6. The number of hydrogen-bond acceptors (Lipinski definition) is 3. The number of carbonyl (C=O) groups is 1. The zero-order valence-corrected chi connectivity index (χ0v) is 15.4. The number of aromatic nitrogens is 1. The molecule has 4 rings (SSSR count). The minimum Gasteiger partial charge on any atom is -0.506 e. The van der Waals surface area contributed by atoms with E-state index in [4.69, 9.17) is 23.2 Å². The number of aromatic amines is 1. The number of phenolic OH excluding ortho intramolecular Hbond substituents is 1. The number of phenols is 1. The Kier molecular flexibility index (Phi) is 4.53. The van der Waals surface area contributed by atoms with Gasteiger partial charge in [-0.2, -0.15) is 0 Å². The van der Waals surface area contributed by atoms with Gasteiger partial charge in [0, 0.05) is 46.0 Å². The zero-order valence-electron chi connectivity index (χ0n) is 13.9. The molecule has 134 valence electrons. The van der Waals surface area contributed by atoms with Crippen molar-refractivity contribution in [2.24, 2.45) is 0 Å². The molecule has 0 unspecified atom stereocenters. The lowest BCUT2D eigenvalue weighted by Gasteiger charge is -2.26. The highest BCUT2D eigenvalue weighted by Crippen LogP contribution is 2.34. The minimum atomic E-state index is -0.0715. The Bertz CT molecular complexity index is 983. The highest BCUT2D eigenvalue weighted by molar-refractivity contribution is 6.31. The normalized spacial score (nSPS) is 14.4. The topological polar surface area (TPSA) is 68.4 Å². The Morgan fingerprint density at radius 1 is 1.19 bits per heavy atom.